The first-order valence-electron chi connectivity index (χ1n) is 5.71. The SMILES string of the molecule is CN(Cc1cccnc1)c1cccc(Br)c1C(=O)O. The molecule has 0 amide bonds. The lowest BCUT2D eigenvalue weighted by atomic mass is 10.1. The number of carboxylic acid groups (broad SMARTS) is 1. The van der Waals surface area contributed by atoms with E-state index in [1.165, 1.54) is 0 Å². The van der Waals surface area contributed by atoms with Crippen LogP contribution in [-0.4, -0.2) is 23.1 Å². The number of hydrogen-bond donors (Lipinski definition) is 1. The molecule has 98 valence electrons. The predicted octanol–water partition coefficient (Wildman–Crippen LogP) is 3.18. The normalized spacial score (nSPS) is 10.2. The fourth-order valence-electron chi connectivity index (χ4n) is 1.89. The Morgan fingerprint density at radius 3 is 2.79 bits per heavy atom. The molecule has 5 heteroatoms. The highest BCUT2D eigenvalue weighted by Gasteiger charge is 2.16. The van der Waals surface area contributed by atoms with Gasteiger partial charge in [0.05, 0.1) is 11.3 Å². The van der Waals surface area contributed by atoms with Crippen LogP contribution in [0.25, 0.3) is 0 Å². The van der Waals surface area contributed by atoms with Gasteiger partial charge in [-0.3, -0.25) is 4.98 Å². The lowest BCUT2D eigenvalue weighted by Gasteiger charge is -2.21. The van der Waals surface area contributed by atoms with Gasteiger partial charge in [0.2, 0.25) is 0 Å². The van der Waals surface area contributed by atoms with Gasteiger partial charge in [-0.15, -0.1) is 0 Å². The Balaban J connectivity index is 2.31. The maximum Gasteiger partial charge on any atom is 0.338 e. The zero-order chi connectivity index (χ0) is 13.8. The third-order valence-electron chi connectivity index (χ3n) is 2.76. The van der Waals surface area contributed by atoms with Crippen LogP contribution in [0.2, 0.25) is 0 Å². The van der Waals surface area contributed by atoms with Crippen molar-refractivity contribution in [3.8, 4) is 0 Å². The number of hydrogen-bond acceptors (Lipinski definition) is 3. The molecule has 2 aromatic rings. The van der Waals surface area contributed by atoms with Gasteiger partial charge in [0.25, 0.3) is 0 Å². The number of carbonyl (C=O) groups is 1. The molecule has 19 heavy (non-hydrogen) atoms. The largest absolute Gasteiger partial charge is 0.478 e. The molecule has 0 unspecified atom stereocenters. The minimum Gasteiger partial charge on any atom is -0.478 e. The Labute approximate surface area is 119 Å². The predicted molar refractivity (Wildman–Crippen MR) is 77.4 cm³/mol. The molecule has 0 aliphatic carbocycles. The molecule has 0 spiro atoms. The first-order valence-corrected chi connectivity index (χ1v) is 6.50. The van der Waals surface area contributed by atoms with Gasteiger partial charge in [-0.1, -0.05) is 12.1 Å². The van der Waals surface area contributed by atoms with Gasteiger partial charge in [-0.25, -0.2) is 4.79 Å². The van der Waals surface area contributed by atoms with Crippen LogP contribution in [0.5, 0.6) is 0 Å². The van der Waals surface area contributed by atoms with Gasteiger partial charge in [0.1, 0.15) is 0 Å². The van der Waals surface area contributed by atoms with Crippen molar-refractivity contribution in [1.29, 1.82) is 0 Å². The van der Waals surface area contributed by atoms with Crippen LogP contribution in [-0.2, 0) is 6.54 Å². The van der Waals surface area contributed by atoms with E-state index in [1.807, 2.05) is 30.1 Å². The van der Waals surface area contributed by atoms with E-state index in [0.29, 0.717) is 16.7 Å². The Bertz CT molecular complexity index is 587. The van der Waals surface area contributed by atoms with Gasteiger partial charge in [-0.05, 0) is 39.7 Å². The van der Waals surface area contributed by atoms with E-state index in [-0.39, 0.29) is 5.56 Å². The number of aromatic nitrogens is 1. The molecule has 0 saturated heterocycles. The van der Waals surface area contributed by atoms with Crippen LogP contribution in [0.4, 0.5) is 5.69 Å². The topological polar surface area (TPSA) is 53.4 Å². The van der Waals surface area contributed by atoms with Crippen molar-refractivity contribution >= 4 is 27.6 Å². The van der Waals surface area contributed by atoms with Crippen molar-refractivity contribution in [2.45, 2.75) is 6.54 Å². The van der Waals surface area contributed by atoms with Crippen LogP contribution in [0.15, 0.2) is 47.2 Å². The first-order chi connectivity index (χ1) is 9.09. The number of benzene rings is 1. The summed E-state index contributed by atoms with van der Waals surface area (Å²) in [5.74, 6) is -0.944. The monoisotopic (exact) mass is 320 g/mol. The Morgan fingerprint density at radius 1 is 1.37 bits per heavy atom. The molecule has 1 heterocycles. The van der Waals surface area contributed by atoms with Crippen LogP contribution >= 0.6 is 15.9 Å². The first kappa shape index (κ1) is 13.5. The summed E-state index contributed by atoms with van der Waals surface area (Å²) in [7, 11) is 1.86. The molecule has 0 bridgehead atoms. The molecule has 0 radical (unpaired) electrons. The molecular weight excluding hydrogens is 308 g/mol. The van der Waals surface area contributed by atoms with Gasteiger partial charge in [-0.2, -0.15) is 0 Å². The molecule has 4 nitrogen and oxygen atoms in total. The molecule has 0 atom stereocenters. The van der Waals surface area contributed by atoms with Crippen LogP contribution < -0.4 is 4.90 Å². The number of rotatable bonds is 4. The van der Waals surface area contributed by atoms with Crippen LogP contribution in [0, 0.1) is 0 Å². The van der Waals surface area contributed by atoms with E-state index in [2.05, 4.69) is 20.9 Å². The fraction of sp³-hybridized carbons (Fsp3) is 0.143. The summed E-state index contributed by atoms with van der Waals surface area (Å²) in [5, 5.41) is 9.29. The maximum atomic E-state index is 11.3. The zero-order valence-corrected chi connectivity index (χ0v) is 12.0. The molecule has 0 saturated carbocycles. The Kier molecular flexibility index (Phi) is 4.16. The smallest absolute Gasteiger partial charge is 0.338 e. The van der Waals surface area contributed by atoms with Crippen molar-refractivity contribution in [2.24, 2.45) is 0 Å². The van der Waals surface area contributed by atoms with Crippen molar-refractivity contribution in [1.82, 2.24) is 4.98 Å². The van der Waals surface area contributed by atoms with Gasteiger partial charge in [0, 0.05) is 30.5 Å². The average molecular weight is 321 g/mol. The number of aromatic carboxylic acids is 1. The Morgan fingerprint density at radius 2 is 2.16 bits per heavy atom. The number of carboxylic acids is 1. The van der Waals surface area contributed by atoms with Gasteiger partial charge >= 0.3 is 5.97 Å². The minimum atomic E-state index is -0.944. The van der Waals surface area contributed by atoms with Crippen LogP contribution in [0.3, 0.4) is 0 Å². The second-order valence-electron chi connectivity index (χ2n) is 4.16. The molecule has 2 rings (SSSR count). The van der Waals surface area contributed by atoms with Gasteiger partial charge in [0.15, 0.2) is 0 Å². The van der Waals surface area contributed by atoms with E-state index in [9.17, 15) is 9.90 Å². The highest BCUT2D eigenvalue weighted by atomic mass is 79.9. The van der Waals surface area contributed by atoms with Crippen molar-refractivity contribution in [3.63, 3.8) is 0 Å². The highest BCUT2D eigenvalue weighted by Crippen LogP contribution is 2.28. The average Bonchev–Trinajstić information content (AvgIpc) is 2.39. The molecule has 0 fully saturated rings. The number of pyridine rings is 1. The van der Waals surface area contributed by atoms with Crippen molar-refractivity contribution in [3.05, 3.63) is 58.3 Å². The minimum absolute atomic E-state index is 0.272. The third kappa shape index (κ3) is 3.12. The zero-order valence-electron chi connectivity index (χ0n) is 10.4. The van der Waals surface area contributed by atoms with Crippen molar-refractivity contribution in [2.75, 3.05) is 11.9 Å². The molecule has 0 aliphatic heterocycles. The number of anilines is 1. The van der Waals surface area contributed by atoms with Crippen molar-refractivity contribution < 1.29 is 9.90 Å². The van der Waals surface area contributed by atoms with E-state index in [1.54, 1.807) is 24.5 Å². The second-order valence-corrected chi connectivity index (χ2v) is 5.01. The summed E-state index contributed by atoms with van der Waals surface area (Å²) in [6.45, 7) is 0.602. The summed E-state index contributed by atoms with van der Waals surface area (Å²) in [5.41, 5.74) is 1.97. The third-order valence-corrected chi connectivity index (χ3v) is 3.42. The summed E-state index contributed by atoms with van der Waals surface area (Å²) in [6.07, 6.45) is 3.49. The van der Waals surface area contributed by atoms with Gasteiger partial charge < -0.3 is 10.0 Å². The number of halogens is 1. The van der Waals surface area contributed by atoms with E-state index in [4.69, 9.17) is 0 Å². The molecular formula is C14H13BrN2O2. The maximum absolute atomic E-state index is 11.3. The lowest BCUT2D eigenvalue weighted by Crippen LogP contribution is -2.19. The number of nitrogens with zero attached hydrogens (tertiary/aromatic N) is 2. The lowest BCUT2D eigenvalue weighted by molar-refractivity contribution is 0.0696. The summed E-state index contributed by atoms with van der Waals surface area (Å²) in [4.78, 5) is 17.3. The molecule has 0 aliphatic rings. The summed E-state index contributed by atoms with van der Waals surface area (Å²) in [6, 6.07) is 9.17. The summed E-state index contributed by atoms with van der Waals surface area (Å²) < 4.78 is 0.579. The molecule has 1 N–H and O–H groups in total. The van der Waals surface area contributed by atoms with E-state index in [0.717, 1.165) is 5.56 Å². The fourth-order valence-corrected chi connectivity index (χ4v) is 2.42. The summed E-state index contributed by atoms with van der Waals surface area (Å²) >= 11 is 3.28. The van der Waals surface area contributed by atoms with Crippen LogP contribution in [0.1, 0.15) is 15.9 Å². The molecule has 1 aromatic carbocycles. The quantitative estimate of drug-likeness (QED) is 0.940. The highest BCUT2D eigenvalue weighted by molar-refractivity contribution is 9.10. The Hall–Kier alpha value is -1.88. The van der Waals surface area contributed by atoms with E-state index < -0.39 is 5.97 Å². The molecule has 1 aromatic heterocycles. The van der Waals surface area contributed by atoms with E-state index >= 15 is 0 Å². The standard InChI is InChI=1S/C14H13BrN2O2/c1-17(9-10-4-3-7-16-8-10)12-6-2-5-11(15)13(12)14(18)19/h2-8H,9H2,1H3,(H,18,19). The second kappa shape index (κ2) is 5.84.